The van der Waals surface area contributed by atoms with Gasteiger partial charge in [0.05, 0.1) is 37.8 Å². The average Bonchev–Trinajstić information content (AvgIpc) is 3.28. The Kier molecular flexibility index (Phi) is 7.92. The molecule has 0 aliphatic heterocycles. The summed E-state index contributed by atoms with van der Waals surface area (Å²) in [4.78, 5) is 12.8. The first kappa shape index (κ1) is 22.2. The molecule has 7 nitrogen and oxygen atoms in total. The van der Waals surface area contributed by atoms with Crippen LogP contribution >= 0.6 is 0 Å². The number of methoxy groups -OCH3 is 1. The molecule has 0 aliphatic carbocycles. The molecule has 0 unspecified atom stereocenters. The van der Waals surface area contributed by atoms with Gasteiger partial charge in [-0.25, -0.2) is 0 Å². The quantitative estimate of drug-likeness (QED) is 0.441. The second kappa shape index (κ2) is 11.1. The van der Waals surface area contributed by atoms with Crippen molar-refractivity contribution in [2.45, 2.75) is 33.2 Å². The molecule has 2 N–H and O–H groups in total. The van der Waals surface area contributed by atoms with Crippen LogP contribution in [0.2, 0.25) is 0 Å². The van der Waals surface area contributed by atoms with Crippen molar-refractivity contribution in [2.24, 2.45) is 0 Å². The van der Waals surface area contributed by atoms with Gasteiger partial charge in [-0.05, 0) is 55.3 Å². The lowest BCUT2D eigenvalue weighted by Gasteiger charge is -2.12. The Labute approximate surface area is 182 Å². The zero-order chi connectivity index (χ0) is 22.1. The van der Waals surface area contributed by atoms with E-state index in [9.17, 15) is 4.79 Å². The molecule has 31 heavy (non-hydrogen) atoms. The van der Waals surface area contributed by atoms with Crippen LogP contribution in [0, 0.1) is 0 Å². The van der Waals surface area contributed by atoms with Crippen LogP contribution in [0.5, 0.6) is 17.2 Å². The van der Waals surface area contributed by atoms with Gasteiger partial charge in [-0.15, -0.1) is 0 Å². The summed E-state index contributed by atoms with van der Waals surface area (Å²) in [5, 5.41) is 9.93. The molecule has 3 rings (SSSR count). The molecule has 1 aromatic heterocycles. The Balaban J connectivity index is 1.66. The van der Waals surface area contributed by atoms with Gasteiger partial charge in [-0.2, -0.15) is 5.10 Å². The minimum Gasteiger partial charge on any atom is -0.494 e. The molecular formula is C24H29N3O4. The number of aromatic nitrogens is 2. The number of rotatable bonds is 11. The van der Waals surface area contributed by atoms with Crippen molar-refractivity contribution >= 4 is 5.91 Å². The van der Waals surface area contributed by atoms with Gasteiger partial charge >= 0.3 is 0 Å². The summed E-state index contributed by atoms with van der Waals surface area (Å²) >= 11 is 0. The second-order valence-corrected chi connectivity index (χ2v) is 6.99. The van der Waals surface area contributed by atoms with E-state index in [-0.39, 0.29) is 5.91 Å². The number of H-pyrrole nitrogens is 1. The molecule has 0 radical (unpaired) electrons. The number of carbonyl (C=O) groups is 1. The fourth-order valence-electron chi connectivity index (χ4n) is 3.11. The summed E-state index contributed by atoms with van der Waals surface area (Å²) in [6.45, 7) is 5.64. The molecule has 2 aromatic carbocycles. The Morgan fingerprint density at radius 3 is 2.58 bits per heavy atom. The Morgan fingerprint density at radius 2 is 1.87 bits per heavy atom. The fraction of sp³-hybridized carbons (Fsp3) is 0.333. The highest BCUT2D eigenvalue weighted by atomic mass is 16.5. The van der Waals surface area contributed by atoms with Crippen molar-refractivity contribution in [3.8, 4) is 28.5 Å². The third-order valence-corrected chi connectivity index (χ3v) is 4.77. The first-order valence-corrected chi connectivity index (χ1v) is 10.5. The molecule has 164 valence electrons. The molecule has 1 amide bonds. The van der Waals surface area contributed by atoms with E-state index in [0.717, 1.165) is 29.7 Å². The zero-order valence-electron chi connectivity index (χ0n) is 18.2. The lowest BCUT2D eigenvalue weighted by molar-refractivity contribution is 0.0951. The van der Waals surface area contributed by atoms with E-state index in [0.29, 0.717) is 42.5 Å². The zero-order valence-corrected chi connectivity index (χ0v) is 18.2. The van der Waals surface area contributed by atoms with E-state index in [1.807, 2.05) is 49.4 Å². The Morgan fingerprint density at radius 1 is 1.06 bits per heavy atom. The normalized spacial score (nSPS) is 10.5. The van der Waals surface area contributed by atoms with Gasteiger partial charge in [0, 0.05) is 12.1 Å². The maximum atomic E-state index is 12.8. The van der Waals surface area contributed by atoms with Gasteiger partial charge in [0.2, 0.25) is 0 Å². The summed E-state index contributed by atoms with van der Waals surface area (Å²) in [6, 6.07) is 13.2. The van der Waals surface area contributed by atoms with Gasteiger partial charge in [0.25, 0.3) is 5.91 Å². The fourth-order valence-corrected chi connectivity index (χ4v) is 3.11. The number of carbonyl (C=O) groups excluding carboxylic acids is 1. The third kappa shape index (κ3) is 5.78. The number of nitrogens with one attached hydrogen (secondary N) is 2. The molecule has 0 saturated heterocycles. The van der Waals surface area contributed by atoms with E-state index >= 15 is 0 Å². The summed E-state index contributed by atoms with van der Waals surface area (Å²) in [5.41, 5.74) is 2.94. The van der Waals surface area contributed by atoms with Crippen LogP contribution in [0.15, 0.2) is 48.7 Å². The van der Waals surface area contributed by atoms with Crippen LogP contribution in [0.25, 0.3) is 11.3 Å². The van der Waals surface area contributed by atoms with Gasteiger partial charge in [-0.1, -0.05) is 19.4 Å². The Bertz CT molecular complexity index is 983. The smallest absolute Gasteiger partial charge is 0.255 e. The lowest BCUT2D eigenvalue weighted by atomic mass is 10.1. The van der Waals surface area contributed by atoms with Crippen LogP contribution in [0.4, 0.5) is 0 Å². The van der Waals surface area contributed by atoms with Crippen molar-refractivity contribution in [3.05, 3.63) is 59.8 Å². The number of hydrogen-bond donors (Lipinski definition) is 2. The minimum atomic E-state index is -0.208. The predicted octanol–water partition coefficient (Wildman–Crippen LogP) is 4.59. The van der Waals surface area contributed by atoms with E-state index < -0.39 is 0 Å². The summed E-state index contributed by atoms with van der Waals surface area (Å²) < 4.78 is 16.6. The number of benzene rings is 2. The maximum Gasteiger partial charge on any atom is 0.255 e. The second-order valence-electron chi connectivity index (χ2n) is 6.99. The van der Waals surface area contributed by atoms with E-state index in [4.69, 9.17) is 14.2 Å². The number of aromatic amines is 1. The van der Waals surface area contributed by atoms with Gasteiger partial charge in [-0.3, -0.25) is 9.89 Å². The molecular weight excluding hydrogens is 394 g/mol. The average molecular weight is 424 g/mol. The SMILES string of the molecule is CCCCOc1ccc(-c2[nH]ncc2C(=O)NCc2ccc(OC)c(OCC)c2)cc1. The van der Waals surface area contributed by atoms with Crippen molar-refractivity contribution < 1.29 is 19.0 Å². The largest absolute Gasteiger partial charge is 0.494 e. The highest BCUT2D eigenvalue weighted by molar-refractivity contribution is 5.99. The molecule has 0 atom stereocenters. The van der Waals surface area contributed by atoms with Crippen molar-refractivity contribution in [3.63, 3.8) is 0 Å². The van der Waals surface area contributed by atoms with Crippen LogP contribution in [-0.4, -0.2) is 36.4 Å². The van der Waals surface area contributed by atoms with Crippen molar-refractivity contribution in [2.75, 3.05) is 20.3 Å². The predicted molar refractivity (Wildman–Crippen MR) is 120 cm³/mol. The molecule has 1 heterocycles. The number of nitrogens with zero attached hydrogens (tertiary/aromatic N) is 1. The number of amides is 1. The van der Waals surface area contributed by atoms with Gasteiger partial charge in [0.15, 0.2) is 11.5 Å². The number of hydrogen-bond acceptors (Lipinski definition) is 5. The van der Waals surface area contributed by atoms with Crippen LogP contribution in [0.3, 0.4) is 0 Å². The van der Waals surface area contributed by atoms with Crippen molar-refractivity contribution in [1.29, 1.82) is 0 Å². The first-order valence-electron chi connectivity index (χ1n) is 10.5. The molecule has 0 aliphatic rings. The summed E-state index contributed by atoms with van der Waals surface area (Å²) in [5.74, 6) is 1.92. The summed E-state index contributed by atoms with van der Waals surface area (Å²) in [7, 11) is 1.60. The van der Waals surface area contributed by atoms with E-state index in [1.54, 1.807) is 7.11 Å². The topological polar surface area (TPSA) is 85.5 Å². The van der Waals surface area contributed by atoms with Crippen LogP contribution in [-0.2, 0) is 6.54 Å². The monoisotopic (exact) mass is 423 g/mol. The molecule has 7 heteroatoms. The minimum absolute atomic E-state index is 0.208. The molecule has 3 aromatic rings. The molecule has 0 fully saturated rings. The lowest BCUT2D eigenvalue weighted by Crippen LogP contribution is -2.23. The molecule has 0 spiro atoms. The van der Waals surface area contributed by atoms with E-state index in [2.05, 4.69) is 22.4 Å². The van der Waals surface area contributed by atoms with Crippen LogP contribution in [0.1, 0.15) is 42.6 Å². The number of unbranched alkanes of at least 4 members (excludes halogenated alkanes) is 1. The maximum absolute atomic E-state index is 12.8. The van der Waals surface area contributed by atoms with E-state index in [1.165, 1.54) is 6.20 Å². The highest BCUT2D eigenvalue weighted by Crippen LogP contribution is 2.28. The first-order chi connectivity index (χ1) is 15.2. The molecule has 0 bridgehead atoms. The van der Waals surface area contributed by atoms with Gasteiger partial charge in [0.1, 0.15) is 5.75 Å². The third-order valence-electron chi connectivity index (χ3n) is 4.77. The Hall–Kier alpha value is -3.48. The van der Waals surface area contributed by atoms with Gasteiger partial charge < -0.3 is 19.5 Å². The van der Waals surface area contributed by atoms with Crippen LogP contribution < -0.4 is 19.5 Å². The standard InChI is InChI=1S/C24H29N3O4/c1-4-6-13-31-19-10-8-18(9-11-19)23-20(16-26-27-23)24(28)25-15-17-7-12-21(29-3)22(14-17)30-5-2/h7-12,14,16H,4-6,13,15H2,1-3H3,(H,25,28)(H,26,27). The highest BCUT2D eigenvalue weighted by Gasteiger charge is 2.16. The van der Waals surface area contributed by atoms with Crippen molar-refractivity contribution in [1.82, 2.24) is 15.5 Å². The molecule has 0 saturated carbocycles. The summed E-state index contributed by atoms with van der Waals surface area (Å²) in [6.07, 6.45) is 3.65. The number of ether oxygens (including phenoxy) is 3.